The molecule has 2 aromatic carbocycles. The lowest BCUT2D eigenvalue weighted by Crippen LogP contribution is -2.21. The van der Waals surface area contributed by atoms with Gasteiger partial charge in [0, 0.05) is 10.6 Å². The molecule has 2 aromatic rings. The fraction of sp³-hybridized carbons (Fsp3) is 0.250. The van der Waals surface area contributed by atoms with Crippen LogP contribution in [0.3, 0.4) is 0 Å². The van der Waals surface area contributed by atoms with Crippen molar-refractivity contribution in [1.29, 1.82) is 0 Å². The minimum atomic E-state index is -3.82. The van der Waals surface area contributed by atoms with Crippen molar-refractivity contribution in [1.82, 2.24) is 0 Å². The maximum Gasteiger partial charge on any atom is 0.297 e. The smallest absolute Gasteiger partial charge is 0.297 e. The maximum absolute atomic E-state index is 12.0. The Morgan fingerprint density at radius 3 is 2.36 bits per heavy atom. The molecule has 0 saturated heterocycles. The lowest BCUT2D eigenvalue weighted by molar-refractivity contribution is 0.129. The number of hydrogen-bond donors (Lipinski definition) is 1. The second-order valence-electron chi connectivity index (χ2n) is 4.83. The van der Waals surface area contributed by atoms with Crippen molar-refractivity contribution < 1.29 is 17.7 Å². The summed E-state index contributed by atoms with van der Waals surface area (Å²) in [4.78, 5) is 1.11. The third kappa shape index (κ3) is 5.14. The quantitative estimate of drug-likeness (QED) is 0.621. The molecule has 0 aliphatic carbocycles. The molecule has 1 unspecified atom stereocenters. The zero-order valence-corrected chi connectivity index (χ0v) is 13.8. The fourth-order valence-electron chi connectivity index (χ4n) is 1.70. The van der Waals surface area contributed by atoms with Crippen LogP contribution in [0, 0.1) is 6.92 Å². The van der Waals surface area contributed by atoms with Crippen LogP contribution < -0.4 is 0 Å². The van der Waals surface area contributed by atoms with Gasteiger partial charge in [-0.15, -0.1) is 11.8 Å². The molecule has 1 N–H and O–H groups in total. The summed E-state index contributed by atoms with van der Waals surface area (Å²) in [6.07, 6.45) is -0.856. The van der Waals surface area contributed by atoms with Crippen molar-refractivity contribution in [2.45, 2.75) is 22.8 Å². The fourth-order valence-corrected chi connectivity index (χ4v) is 3.47. The van der Waals surface area contributed by atoms with Crippen molar-refractivity contribution in [2.24, 2.45) is 0 Å². The Labute approximate surface area is 135 Å². The Morgan fingerprint density at radius 2 is 1.73 bits per heavy atom. The zero-order chi connectivity index (χ0) is 16.0. The summed E-state index contributed by atoms with van der Waals surface area (Å²) >= 11 is 1.45. The van der Waals surface area contributed by atoms with Gasteiger partial charge in [0.15, 0.2) is 0 Å². The second kappa shape index (κ2) is 7.78. The predicted molar refractivity (Wildman–Crippen MR) is 87.5 cm³/mol. The van der Waals surface area contributed by atoms with E-state index in [9.17, 15) is 13.5 Å². The van der Waals surface area contributed by atoms with E-state index >= 15 is 0 Å². The number of hydrogen-bond acceptors (Lipinski definition) is 5. The molecule has 118 valence electrons. The van der Waals surface area contributed by atoms with E-state index in [1.807, 2.05) is 37.3 Å². The molecule has 2 rings (SSSR count). The molecular weight excluding hydrogens is 320 g/mol. The van der Waals surface area contributed by atoms with E-state index in [-0.39, 0.29) is 11.5 Å². The minimum absolute atomic E-state index is 0.0982. The van der Waals surface area contributed by atoms with E-state index in [0.29, 0.717) is 5.75 Å². The molecule has 0 aliphatic rings. The summed E-state index contributed by atoms with van der Waals surface area (Å²) in [7, 11) is -3.82. The van der Waals surface area contributed by atoms with Gasteiger partial charge in [-0.1, -0.05) is 35.9 Å². The Balaban J connectivity index is 1.85. The maximum atomic E-state index is 12.0. The largest absolute Gasteiger partial charge is 0.390 e. The molecule has 4 nitrogen and oxygen atoms in total. The van der Waals surface area contributed by atoms with Gasteiger partial charge in [-0.2, -0.15) is 8.42 Å². The van der Waals surface area contributed by atoms with E-state index in [1.165, 1.54) is 23.9 Å². The van der Waals surface area contributed by atoms with Crippen LogP contribution in [0.15, 0.2) is 64.4 Å². The van der Waals surface area contributed by atoms with Crippen LogP contribution in [0.1, 0.15) is 5.56 Å². The molecule has 0 amide bonds. The van der Waals surface area contributed by atoms with Gasteiger partial charge in [-0.05, 0) is 31.2 Å². The Bertz CT molecular complexity index is 682. The van der Waals surface area contributed by atoms with Crippen LogP contribution in [0.2, 0.25) is 0 Å². The van der Waals surface area contributed by atoms with Gasteiger partial charge in [0.25, 0.3) is 10.1 Å². The first-order valence-electron chi connectivity index (χ1n) is 6.79. The van der Waals surface area contributed by atoms with E-state index in [1.54, 1.807) is 12.1 Å². The Kier molecular flexibility index (Phi) is 6.02. The van der Waals surface area contributed by atoms with Gasteiger partial charge in [0.2, 0.25) is 0 Å². The number of thioether (sulfide) groups is 1. The van der Waals surface area contributed by atoms with Crippen LogP contribution in [-0.2, 0) is 14.3 Å². The lowest BCUT2D eigenvalue weighted by atomic mass is 10.2. The molecule has 0 bridgehead atoms. The minimum Gasteiger partial charge on any atom is -0.390 e. The van der Waals surface area contributed by atoms with Crippen molar-refractivity contribution >= 4 is 21.9 Å². The third-order valence-corrected chi connectivity index (χ3v) is 5.36. The van der Waals surface area contributed by atoms with Crippen molar-refractivity contribution in [3.05, 3.63) is 60.2 Å². The molecule has 0 saturated carbocycles. The summed E-state index contributed by atoms with van der Waals surface area (Å²) in [6.45, 7) is 1.62. The van der Waals surface area contributed by atoms with Crippen molar-refractivity contribution in [3.8, 4) is 0 Å². The first kappa shape index (κ1) is 17.0. The molecule has 0 heterocycles. The molecule has 0 aliphatic heterocycles. The topological polar surface area (TPSA) is 63.6 Å². The Hall–Kier alpha value is -1.34. The highest BCUT2D eigenvalue weighted by Gasteiger charge is 2.17. The summed E-state index contributed by atoms with van der Waals surface area (Å²) < 4.78 is 28.9. The van der Waals surface area contributed by atoms with Crippen molar-refractivity contribution in [3.63, 3.8) is 0 Å². The van der Waals surface area contributed by atoms with Gasteiger partial charge < -0.3 is 5.11 Å². The molecule has 0 spiro atoms. The second-order valence-corrected chi connectivity index (χ2v) is 7.54. The lowest BCUT2D eigenvalue weighted by Gasteiger charge is -2.11. The molecule has 22 heavy (non-hydrogen) atoms. The highest BCUT2D eigenvalue weighted by molar-refractivity contribution is 7.99. The monoisotopic (exact) mass is 338 g/mol. The number of benzene rings is 2. The van der Waals surface area contributed by atoms with Crippen LogP contribution >= 0.6 is 11.8 Å². The number of aliphatic hydroxyl groups is 1. The molecule has 0 fully saturated rings. The van der Waals surface area contributed by atoms with Crippen LogP contribution in [0.25, 0.3) is 0 Å². The van der Waals surface area contributed by atoms with Gasteiger partial charge in [-0.25, -0.2) is 0 Å². The van der Waals surface area contributed by atoms with E-state index in [4.69, 9.17) is 4.18 Å². The highest BCUT2D eigenvalue weighted by Crippen LogP contribution is 2.19. The molecule has 0 aromatic heterocycles. The molecule has 6 heteroatoms. The van der Waals surface area contributed by atoms with Crippen molar-refractivity contribution in [2.75, 3.05) is 12.4 Å². The number of aliphatic hydroxyl groups excluding tert-OH is 1. The number of aryl methyl sites for hydroxylation is 1. The average Bonchev–Trinajstić information content (AvgIpc) is 2.52. The summed E-state index contributed by atoms with van der Waals surface area (Å²) in [5.74, 6) is 0.368. The first-order valence-corrected chi connectivity index (χ1v) is 9.19. The van der Waals surface area contributed by atoms with E-state index < -0.39 is 16.2 Å². The summed E-state index contributed by atoms with van der Waals surface area (Å²) in [6, 6.07) is 16.0. The van der Waals surface area contributed by atoms with Crippen LogP contribution in [0.5, 0.6) is 0 Å². The molecule has 1 atom stereocenters. The van der Waals surface area contributed by atoms with Gasteiger partial charge in [0.1, 0.15) is 0 Å². The third-order valence-electron chi connectivity index (χ3n) is 2.91. The first-order chi connectivity index (χ1) is 10.5. The van der Waals surface area contributed by atoms with Gasteiger partial charge in [-0.3, -0.25) is 4.18 Å². The Morgan fingerprint density at radius 1 is 1.09 bits per heavy atom. The van der Waals surface area contributed by atoms with Crippen LogP contribution in [0.4, 0.5) is 0 Å². The van der Waals surface area contributed by atoms with E-state index in [2.05, 4.69) is 0 Å². The standard InChI is InChI=1S/C16H18O4S2/c1-13-7-9-16(10-8-13)22(18,19)20-11-14(17)12-21-15-5-3-2-4-6-15/h2-10,14,17H,11-12H2,1H3. The predicted octanol–water partition coefficient (Wildman–Crippen LogP) is 2.85. The summed E-state index contributed by atoms with van der Waals surface area (Å²) in [5, 5.41) is 9.85. The average molecular weight is 338 g/mol. The molecular formula is C16H18O4S2. The highest BCUT2D eigenvalue weighted by atomic mass is 32.2. The number of rotatable bonds is 7. The van der Waals surface area contributed by atoms with E-state index in [0.717, 1.165) is 10.5 Å². The van der Waals surface area contributed by atoms with Gasteiger partial charge >= 0.3 is 0 Å². The SMILES string of the molecule is Cc1ccc(S(=O)(=O)OCC(O)CSc2ccccc2)cc1. The van der Waals surface area contributed by atoms with Crippen LogP contribution in [-0.4, -0.2) is 32.0 Å². The summed E-state index contributed by atoms with van der Waals surface area (Å²) in [5.41, 5.74) is 0.971. The molecule has 0 radical (unpaired) electrons. The zero-order valence-electron chi connectivity index (χ0n) is 12.2. The van der Waals surface area contributed by atoms with Gasteiger partial charge in [0.05, 0.1) is 17.6 Å². The normalized spacial score (nSPS) is 13.0.